The van der Waals surface area contributed by atoms with E-state index in [0.29, 0.717) is 48.4 Å². The summed E-state index contributed by atoms with van der Waals surface area (Å²) in [5, 5.41) is 7.00. The lowest BCUT2D eigenvalue weighted by Gasteiger charge is -2.36. The summed E-state index contributed by atoms with van der Waals surface area (Å²) in [4.78, 5) is 93.4. The Bertz CT molecular complexity index is 3140. The number of ether oxygens (including phenoxy) is 4. The van der Waals surface area contributed by atoms with Crippen LogP contribution in [0.15, 0.2) is 109 Å². The first kappa shape index (κ1) is 51.8. The van der Waals surface area contributed by atoms with Gasteiger partial charge in [-0.15, -0.1) is 0 Å². The number of hydrogen-bond donors (Lipinski definition) is 2. The highest BCUT2D eigenvalue weighted by Gasteiger charge is 2.54. The van der Waals surface area contributed by atoms with Gasteiger partial charge in [-0.05, 0) is 124 Å². The number of esters is 3. The first-order valence-electron chi connectivity index (χ1n) is 26.0. The van der Waals surface area contributed by atoms with Crippen molar-refractivity contribution in [3.63, 3.8) is 0 Å². The number of benzene rings is 5. The van der Waals surface area contributed by atoms with E-state index in [0.717, 1.165) is 79.9 Å². The molecule has 2 aliphatic heterocycles. The number of carbonyl (C=O) groups excluding carboxylic acids is 7. The Morgan fingerprint density at radius 2 is 1.36 bits per heavy atom. The van der Waals surface area contributed by atoms with Gasteiger partial charge in [0.05, 0.1) is 11.3 Å². The number of Topliss-reactive ketones (excluding diaryl/α,β-unsaturated/α-hetero) is 1. The molecule has 1 saturated carbocycles. The van der Waals surface area contributed by atoms with Crippen molar-refractivity contribution >= 4 is 58.0 Å². The molecule has 1 spiro atoms. The lowest BCUT2D eigenvalue weighted by molar-refractivity contribution is -0.132. The minimum Gasteiger partial charge on any atom is -0.456 e. The standard InChI is InChI=1S/C60H62N4O11/c1-5-39-14-13-16-44(30-39)63(6-2)56(68)36-64-51-17-10-9-15-42(51)33-52(64)53(67)31-40-18-20-41(21-19-40)57(69)61-28-11-7-8-12-29-62-58(70)43-22-25-48-47(32-43)59(71)75-60(48)49-26-23-45(72-37(3)65)34-54(49)74-55-35-46(73-38(4)66)24-27-50(55)60/h9-10,13-17,22-27,30,32-35,40-41H,5-8,11-12,18-21,28-29,31,36H2,1-4H3,(H,61,69)(H,62,70). The van der Waals surface area contributed by atoms with Crippen LogP contribution >= 0.6 is 0 Å². The second-order valence-corrected chi connectivity index (χ2v) is 19.6. The van der Waals surface area contributed by atoms with Crippen molar-refractivity contribution < 1.29 is 52.5 Å². The van der Waals surface area contributed by atoms with Gasteiger partial charge in [-0.25, -0.2) is 4.79 Å². The van der Waals surface area contributed by atoms with Crippen LogP contribution in [0, 0.1) is 11.8 Å². The molecule has 15 heteroatoms. The number of unbranched alkanes of at least 4 members (excludes halogenated alkanes) is 3. The quantitative estimate of drug-likeness (QED) is 0.0340. The van der Waals surface area contributed by atoms with Crippen molar-refractivity contribution in [3.05, 3.63) is 148 Å². The van der Waals surface area contributed by atoms with E-state index >= 15 is 0 Å². The van der Waals surface area contributed by atoms with Crippen LogP contribution in [0.25, 0.3) is 10.9 Å². The van der Waals surface area contributed by atoms with Gasteiger partial charge in [-0.1, -0.05) is 56.2 Å². The molecule has 388 valence electrons. The second-order valence-electron chi connectivity index (χ2n) is 19.6. The first-order valence-corrected chi connectivity index (χ1v) is 26.0. The Labute approximate surface area is 435 Å². The number of rotatable bonds is 19. The Hall–Kier alpha value is -8.07. The highest BCUT2D eigenvalue weighted by Crippen LogP contribution is 2.57. The van der Waals surface area contributed by atoms with E-state index in [-0.39, 0.29) is 76.0 Å². The van der Waals surface area contributed by atoms with E-state index in [9.17, 15) is 33.6 Å². The van der Waals surface area contributed by atoms with E-state index in [1.165, 1.54) is 32.0 Å². The van der Waals surface area contributed by atoms with Crippen molar-refractivity contribution in [2.75, 3.05) is 24.5 Å². The second kappa shape index (κ2) is 22.6. The van der Waals surface area contributed by atoms with Crippen LogP contribution < -0.4 is 29.7 Å². The van der Waals surface area contributed by atoms with Crippen LogP contribution in [0.5, 0.6) is 23.0 Å². The summed E-state index contributed by atoms with van der Waals surface area (Å²) in [6.07, 6.45) is 7.45. The molecule has 2 N–H and O–H groups in total. The summed E-state index contributed by atoms with van der Waals surface area (Å²) in [6, 6.07) is 32.1. The van der Waals surface area contributed by atoms with Gasteiger partial charge in [0.25, 0.3) is 5.91 Å². The van der Waals surface area contributed by atoms with Gasteiger partial charge in [0.15, 0.2) is 11.4 Å². The molecule has 0 atom stereocenters. The summed E-state index contributed by atoms with van der Waals surface area (Å²) in [5.41, 5.74) is 3.84. The molecule has 3 amide bonds. The lowest BCUT2D eigenvalue weighted by atomic mass is 9.77. The van der Waals surface area contributed by atoms with Gasteiger partial charge >= 0.3 is 17.9 Å². The van der Waals surface area contributed by atoms with Crippen molar-refractivity contribution in [1.82, 2.24) is 15.2 Å². The highest BCUT2D eigenvalue weighted by molar-refractivity contribution is 6.03. The van der Waals surface area contributed by atoms with Gasteiger partial charge in [-0.3, -0.25) is 28.8 Å². The van der Waals surface area contributed by atoms with E-state index in [4.69, 9.17) is 18.9 Å². The Morgan fingerprint density at radius 1 is 0.707 bits per heavy atom. The number of likely N-dealkylation sites (N-methyl/N-ethyl adjacent to an activating group) is 1. The number of aromatic nitrogens is 1. The summed E-state index contributed by atoms with van der Waals surface area (Å²) in [7, 11) is 0. The number of anilines is 1. The fraction of sp³-hybridized carbons (Fsp3) is 0.350. The zero-order valence-electron chi connectivity index (χ0n) is 42.8. The van der Waals surface area contributed by atoms with Crippen molar-refractivity contribution in [1.29, 1.82) is 0 Å². The number of carbonyl (C=O) groups is 7. The molecule has 1 aromatic heterocycles. The van der Waals surface area contributed by atoms with Gasteiger partial charge in [0.2, 0.25) is 11.8 Å². The minimum atomic E-state index is -1.48. The van der Waals surface area contributed by atoms with Crippen molar-refractivity contribution in [2.45, 2.75) is 104 Å². The third-order valence-corrected chi connectivity index (χ3v) is 14.6. The molecular weight excluding hydrogens is 953 g/mol. The Morgan fingerprint density at radius 3 is 2.01 bits per heavy atom. The van der Waals surface area contributed by atoms with Gasteiger partial charge < -0.3 is 39.0 Å². The summed E-state index contributed by atoms with van der Waals surface area (Å²) >= 11 is 0. The third kappa shape index (κ3) is 11.1. The molecule has 0 saturated heterocycles. The van der Waals surface area contributed by atoms with Gasteiger partial charge in [0, 0.05) is 96.8 Å². The van der Waals surface area contributed by atoms with Crippen LogP contribution in [0.3, 0.4) is 0 Å². The molecule has 0 unspecified atom stereocenters. The fourth-order valence-electron chi connectivity index (χ4n) is 10.8. The van der Waals surface area contributed by atoms with E-state index in [1.54, 1.807) is 41.3 Å². The Kier molecular flexibility index (Phi) is 15.6. The molecule has 1 fully saturated rings. The number of nitrogens with one attached hydrogen (secondary N) is 2. The Balaban J connectivity index is 0.722. The van der Waals surface area contributed by atoms with Crippen LogP contribution in [0.1, 0.15) is 139 Å². The van der Waals surface area contributed by atoms with E-state index < -0.39 is 23.5 Å². The molecule has 0 bridgehead atoms. The molecular formula is C60H62N4O11. The average Bonchev–Trinajstić information content (AvgIpc) is 3.91. The van der Waals surface area contributed by atoms with Crippen molar-refractivity contribution in [3.8, 4) is 23.0 Å². The molecule has 6 aromatic rings. The number of aryl methyl sites for hydroxylation is 1. The number of nitrogens with zero attached hydrogens (tertiary/aromatic N) is 2. The van der Waals surface area contributed by atoms with Gasteiger partial charge in [-0.2, -0.15) is 0 Å². The molecule has 5 aromatic carbocycles. The lowest BCUT2D eigenvalue weighted by Crippen LogP contribution is -2.35. The topological polar surface area (TPSA) is 189 Å². The molecule has 75 heavy (non-hydrogen) atoms. The largest absolute Gasteiger partial charge is 0.456 e. The highest BCUT2D eigenvalue weighted by atomic mass is 16.6. The molecule has 9 rings (SSSR count). The number of para-hydroxylation sites is 1. The summed E-state index contributed by atoms with van der Waals surface area (Å²) < 4.78 is 24.9. The first-order chi connectivity index (χ1) is 36.3. The van der Waals surface area contributed by atoms with E-state index in [2.05, 4.69) is 29.7 Å². The maximum absolute atomic E-state index is 14.0. The van der Waals surface area contributed by atoms with Gasteiger partial charge in [0.1, 0.15) is 29.5 Å². The molecule has 3 aliphatic rings. The third-order valence-electron chi connectivity index (χ3n) is 14.6. The average molecular weight is 1020 g/mol. The molecule has 15 nitrogen and oxygen atoms in total. The summed E-state index contributed by atoms with van der Waals surface area (Å²) in [5.74, 6) is -1.04. The monoisotopic (exact) mass is 1010 g/mol. The fourth-order valence-corrected chi connectivity index (χ4v) is 10.8. The molecule has 3 heterocycles. The molecule has 1 aliphatic carbocycles. The number of amides is 3. The SMILES string of the molecule is CCc1cccc(N(CC)C(=O)Cn2c(C(=O)CC3CCC(C(=O)NCCCCCCNC(=O)c4ccc5c(c4)C(=O)OC54c5ccc(OC(C)=O)cc5Oc5cc(OC(C)=O)ccc54)CC3)cc3ccccc32)c1. The molecule has 0 radical (unpaired) electrons. The zero-order chi connectivity index (χ0) is 52.8. The van der Waals surface area contributed by atoms with Crippen LogP contribution in [0.4, 0.5) is 5.69 Å². The zero-order valence-corrected chi connectivity index (χ0v) is 42.8. The van der Waals surface area contributed by atoms with Crippen LogP contribution in [0.2, 0.25) is 0 Å². The number of ketones is 1. The van der Waals surface area contributed by atoms with Crippen LogP contribution in [-0.4, -0.2) is 65.6 Å². The van der Waals surface area contributed by atoms with Crippen LogP contribution in [-0.2, 0) is 42.5 Å². The smallest absolute Gasteiger partial charge is 0.340 e. The number of hydrogen-bond acceptors (Lipinski definition) is 11. The maximum atomic E-state index is 14.0. The predicted octanol–water partition coefficient (Wildman–Crippen LogP) is 10.2. The predicted molar refractivity (Wildman–Crippen MR) is 281 cm³/mol. The normalized spacial score (nSPS) is 15.9. The van der Waals surface area contributed by atoms with Crippen molar-refractivity contribution in [2.24, 2.45) is 11.8 Å². The maximum Gasteiger partial charge on any atom is 0.340 e. The number of fused-ring (bicyclic) bond motifs is 7. The minimum absolute atomic E-state index is 0.0131. The van der Waals surface area contributed by atoms with E-state index in [1.807, 2.05) is 54.0 Å². The summed E-state index contributed by atoms with van der Waals surface area (Å²) in [6.45, 7) is 8.15.